The lowest BCUT2D eigenvalue weighted by molar-refractivity contribution is -0.0249. The molecule has 1 aliphatic heterocycles. The predicted octanol–water partition coefficient (Wildman–Crippen LogP) is 2.06. The minimum absolute atomic E-state index is 0.290. The molecule has 1 aliphatic carbocycles. The van der Waals surface area contributed by atoms with Gasteiger partial charge in [0, 0.05) is 37.3 Å². The summed E-state index contributed by atoms with van der Waals surface area (Å²) >= 11 is 0. The minimum Gasteiger partial charge on any atom is -0.329 e. The molecule has 1 unspecified atom stereocenters. The van der Waals surface area contributed by atoms with Crippen molar-refractivity contribution in [3.05, 3.63) is 0 Å². The molecule has 1 heterocycles. The van der Waals surface area contributed by atoms with Crippen LogP contribution in [0.1, 0.15) is 52.4 Å². The van der Waals surface area contributed by atoms with Crippen molar-refractivity contribution in [1.29, 1.82) is 0 Å². The van der Waals surface area contributed by atoms with Gasteiger partial charge in [0.1, 0.15) is 0 Å². The summed E-state index contributed by atoms with van der Waals surface area (Å²) in [6.07, 6.45) is 8.46. The van der Waals surface area contributed by atoms with Gasteiger partial charge in [-0.15, -0.1) is 0 Å². The van der Waals surface area contributed by atoms with E-state index in [-0.39, 0.29) is 5.54 Å². The number of piperazine rings is 1. The average Bonchev–Trinajstić information content (AvgIpc) is 2.60. The van der Waals surface area contributed by atoms with Gasteiger partial charge in [0.25, 0.3) is 0 Å². The van der Waals surface area contributed by atoms with Crippen LogP contribution in [-0.2, 0) is 0 Å². The van der Waals surface area contributed by atoms with Gasteiger partial charge in [-0.2, -0.15) is 0 Å². The summed E-state index contributed by atoms with van der Waals surface area (Å²) in [6.45, 7) is 7.83. The molecule has 0 radical (unpaired) electrons. The maximum absolute atomic E-state index is 6.02. The molecule has 0 spiro atoms. The summed E-state index contributed by atoms with van der Waals surface area (Å²) in [5, 5.41) is 0. The summed E-state index contributed by atoms with van der Waals surface area (Å²) < 4.78 is 0. The van der Waals surface area contributed by atoms with Crippen LogP contribution in [-0.4, -0.2) is 54.1 Å². The number of nitrogens with two attached hydrogens (primary N) is 1. The Morgan fingerprint density at radius 3 is 2.28 bits per heavy atom. The molecule has 2 N–H and O–H groups in total. The van der Waals surface area contributed by atoms with Gasteiger partial charge >= 0.3 is 0 Å². The molecule has 0 bridgehead atoms. The van der Waals surface area contributed by atoms with E-state index in [9.17, 15) is 0 Å². The third kappa shape index (κ3) is 3.06. The molecule has 1 saturated heterocycles. The molecule has 2 aliphatic rings. The molecule has 1 atom stereocenters. The number of nitrogens with zero attached hydrogens (tertiary/aromatic N) is 2. The van der Waals surface area contributed by atoms with Crippen molar-refractivity contribution in [2.75, 3.05) is 26.7 Å². The van der Waals surface area contributed by atoms with Crippen LogP contribution in [0.15, 0.2) is 0 Å². The maximum Gasteiger partial charge on any atom is 0.0349 e. The maximum atomic E-state index is 6.02. The van der Waals surface area contributed by atoms with Crippen LogP contribution < -0.4 is 5.73 Å². The SMILES string of the molecule is CN1CC(CN)N(C2CCCCCC2)CC1(C)C. The highest BCUT2D eigenvalue weighted by atomic mass is 15.3. The number of hydrogen-bond acceptors (Lipinski definition) is 3. The Hall–Kier alpha value is -0.120. The van der Waals surface area contributed by atoms with E-state index in [4.69, 9.17) is 5.73 Å². The molecule has 2 fully saturated rings. The second-order valence-corrected chi connectivity index (χ2v) is 6.90. The molecular formula is C15H31N3. The summed E-state index contributed by atoms with van der Waals surface area (Å²) in [7, 11) is 2.24. The Morgan fingerprint density at radius 2 is 1.72 bits per heavy atom. The van der Waals surface area contributed by atoms with Gasteiger partial charge in [-0.1, -0.05) is 25.7 Å². The monoisotopic (exact) mass is 253 g/mol. The van der Waals surface area contributed by atoms with E-state index >= 15 is 0 Å². The van der Waals surface area contributed by atoms with Gasteiger partial charge in [-0.25, -0.2) is 0 Å². The molecule has 3 nitrogen and oxygen atoms in total. The van der Waals surface area contributed by atoms with Crippen molar-refractivity contribution < 1.29 is 0 Å². The third-order valence-electron chi connectivity index (χ3n) is 5.12. The zero-order chi connectivity index (χ0) is 13.2. The van der Waals surface area contributed by atoms with Gasteiger partial charge in [-0.3, -0.25) is 9.80 Å². The summed E-state index contributed by atoms with van der Waals surface area (Å²) in [5.41, 5.74) is 6.31. The molecule has 0 aromatic carbocycles. The van der Waals surface area contributed by atoms with Gasteiger partial charge < -0.3 is 5.73 Å². The van der Waals surface area contributed by atoms with E-state index in [0.717, 1.165) is 19.1 Å². The second-order valence-electron chi connectivity index (χ2n) is 6.90. The summed E-state index contributed by atoms with van der Waals surface area (Å²) in [4.78, 5) is 5.23. The molecule has 106 valence electrons. The fraction of sp³-hybridized carbons (Fsp3) is 1.00. The van der Waals surface area contributed by atoms with Crippen molar-refractivity contribution in [3.63, 3.8) is 0 Å². The lowest BCUT2D eigenvalue weighted by Gasteiger charge is -2.52. The highest BCUT2D eigenvalue weighted by Crippen LogP contribution is 2.29. The smallest absolute Gasteiger partial charge is 0.0349 e. The first-order valence-corrected chi connectivity index (χ1v) is 7.71. The highest BCUT2D eigenvalue weighted by Gasteiger charge is 2.39. The van der Waals surface area contributed by atoms with Crippen molar-refractivity contribution in [1.82, 2.24) is 9.80 Å². The van der Waals surface area contributed by atoms with Crippen LogP contribution >= 0.6 is 0 Å². The summed E-state index contributed by atoms with van der Waals surface area (Å²) in [5.74, 6) is 0. The fourth-order valence-electron chi connectivity index (χ4n) is 3.59. The van der Waals surface area contributed by atoms with Gasteiger partial charge in [-0.05, 0) is 33.7 Å². The first kappa shape index (κ1) is 14.3. The van der Waals surface area contributed by atoms with Crippen LogP contribution in [0.25, 0.3) is 0 Å². The van der Waals surface area contributed by atoms with Crippen LogP contribution in [0.2, 0.25) is 0 Å². The predicted molar refractivity (Wildman–Crippen MR) is 77.7 cm³/mol. The van der Waals surface area contributed by atoms with Gasteiger partial charge in [0.15, 0.2) is 0 Å². The van der Waals surface area contributed by atoms with Crippen LogP contribution in [0.3, 0.4) is 0 Å². The quantitative estimate of drug-likeness (QED) is 0.765. The molecule has 2 rings (SSSR count). The molecule has 0 aromatic heterocycles. The lowest BCUT2D eigenvalue weighted by atomic mass is 9.92. The van der Waals surface area contributed by atoms with Crippen molar-refractivity contribution in [3.8, 4) is 0 Å². The second kappa shape index (κ2) is 5.89. The van der Waals surface area contributed by atoms with E-state index in [1.807, 2.05) is 0 Å². The first-order chi connectivity index (χ1) is 8.54. The van der Waals surface area contributed by atoms with E-state index in [1.54, 1.807) is 0 Å². The zero-order valence-corrected chi connectivity index (χ0v) is 12.5. The van der Waals surface area contributed by atoms with Crippen molar-refractivity contribution >= 4 is 0 Å². The van der Waals surface area contributed by atoms with E-state index in [0.29, 0.717) is 6.04 Å². The number of likely N-dealkylation sites (N-methyl/N-ethyl adjacent to an activating group) is 1. The van der Waals surface area contributed by atoms with Gasteiger partial charge in [0.2, 0.25) is 0 Å². The molecule has 0 aromatic rings. The Morgan fingerprint density at radius 1 is 1.11 bits per heavy atom. The number of rotatable bonds is 2. The summed E-state index contributed by atoms with van der Waals surface area (Å²) in [6, 6.07) is 1.35. The van der Waals surface area contributed by atoms with E-state index in [2.05, 4.69) is 30.7 Å². The standard InChI is InChI=1S/C15H31N3/c1-15(2)12-18(14(10-16)11-17(15)3)13-8-6-4-5-7-9-13/h13-14H,4-12,16H2,1-3H3. The lowest BCUT2D eigenvalue weighted by Crippen LogP contribution is -2.65. The minimum atomic E-state index is 0.290. The average molecular weight is 253 g/mol. The normalized spacial score (nSPS) is 32.3. The molecule has 0 amide bonds. The molecule has 3 heteroatoms. The Balaban J connectivity index is 2.07. The fourth-order valence-corrected chi connectivity index (χ4v) is 3.59. The Bertz CT molecular complexity index is 256. The first-order valence-electron chi connectivity index (χ1n) is 7.71. The molecular weight excluding hydrogens is 222 g/mol. The Labute approximate surface area is 113 Å². The van der Waals surface area contributed by atoms with Crippen molar-refractivity contribution in [2.45, 2.75) is 70.0 Å². The topological polar surface area (TPSA) is 32.5 Å². The van der Waals surface area contributed by atoms with Gasteiger partial charge in [0.05, 0.1) is 0 Å². The largest absolute Gasteiger partial charge is 0.329 e. The van der Waals surface area contributed by atoms with Crippen LogP contribution in [0.4, 0.5) is 0 Å². The molecule has 18 heavy (non-hydrogen) atoms. The van der Waals surface area contributed by atoms with Crippen molar-refractivity contribution in [2.24, 2.45) is 5.73 Å². The molecule has 1 saturated carbocycles. The van der Waals surface area contributed by atoms with Crippen LogP contribution in [0, 0.1) is 0 Å². The van der Waals surface area contributed by atoms with E-state index < -0.39 is 0 Å². The van der Waals surface area contributed by atoms with Crippen LogP contribution in [0.5, 0.6) is 0 Å². The third-order valence-corrected chi connectivity index (χ3v) is 5.12. The zero-order valence-electron chi connectivity index (χ0n) is 12.5. The number of hydrogen-bond donors (Lipinski definition) is 1. The van der Waals surface area contributed by atoms with E-state index in [1.165, 1.54) is 45.1 Å². The Kier molecular flexibility index (Phi) is 4.68. The highest BCUT2D eigenvalue weighted by molar-refractivity contribution is 4.96.